The Bertz CT molecular complexity index is 504. The highest BCUT2D eigenvalue weighted by atomic mass is 19.1. The lowest BCUT2D eigenvalue weighted by molar-refractivity contribution is 0.288. The second-order valence-electron chi connectivity index (χ2n) is 4.70. The van der Waals surface area contributed by atoms with E-state index in [1.54, 1.807) is 0 Å². The van der Waals surface area contributed by atoms with Crippen molar-refractivity contribution in [1.29, 1.82) is 0 Å². The number of hydrogen-bond donors (Lipinski definition) is 0. The SMILES string of the molecule is FC1Cc2ccccc2C(c2ccccc2)C1. The van der Waals surface area contributed by atoms with Crippen molar-refractivity contribution in [3.05, 3.63) is 71.3 Å². The van der Waals surface area contributed by atoms with Gasteiger partial charge >= 0.3 is 0 Å². The normalized spacial score (nSPS) is 23.1. The summed E-state index contributed by atoms with van der Waals surface area (Å²) >= 11 is 0. The van der Waals surface area contributed by atoms with Crippen LogP contribution < -0.4 is 0 Å². The van der Waals surface area contributed by atoms with Crippen molar-refractivity contribution in [1.82, 2.24) is 0 Å². The summed E-state index contributed by atoms with van der Waals surface area (Å²) in [7, 11) is 0. The first-order chi connectivity index (χ1) is 8.34. The lowest BCUT2D eigenvalue weighted by atomic mass is 9.78. The minimum atomic E-state index is -0.713. The van der Waals surface area contributed by atoms with Crippen molar-refractivity contribution >= 4 is 0 Å². The highest BCUT2D eigenvalue weighted by Crippen LogP contribution is 2.37. The zero-order valence-corrected chi connectivity index (χ0v) is 9.64. The van der Waals surface area contributed by atoms with E-state index in [9.17, 15) is 4.39 Å². The zero-order chi connectivity index (χ0) is 11.7. The van der Waals surface area contributed by atoms with Crippen molar-refractivity contribution in [2.75, 3.05) is 0 Å². The van der Waals surface area contributed by atoms with E-state index in [0.29, 0.717) is 12.8 Å². The highest BCUT2D eigenvalue weighted by molar-refractivity contribution is 5.40. The fraction of sp³-hybridized carbons (Fsp3) is 0.250. The third-order valence-electron chi connectivity index (χ3n) is 3.57. The third-order valence-corrected chi connectivity index (χ3v) is 3.57. The van der Waals surface area contributed by atoms with E-state index >= 15 is 0 Å². The van der Waals surface area contributed by atoms with Gasteiger partial charge < -0.3 is 0 Å². The van der Waals surface area contributed by atoms with E-state index in [2.05, 4.69) is 24.3 Å². The van der Waals surface area contributed by atoms with E-state index in [0.717, 1.165) is 0 Å². The highest BCUT2D eigenvalue weighted by Gasteiger charge is 2.27. The first-order valence-electron chi connectivity index (χ1n) is 6.11. The number of halogens is 1. The number of alkyl halides is 1. The van der Waals surface area contributed by atoms with E-state index < -0.39 is 6.17 Å². The largest absolute Gasteiger partial charge is 0.247 e. The fourth-order valence-corrected chi connectivity index (χ4v) is 2.77. The Morgan fingerprint density at radius 1 is 0.882 bits per heavy atom. The molecule has 0 N–H and O–H groups in total. The van der Waals surface area contributed by atoms with Gasteiger partial charge in [0.1, 0.15) is 6.17 Å². The zero-order valence-electron chi connectivity index (χ0n) is 9.64. The topological polar surface area (TPSA) is 0 Å². The molecule has 1 aliphatic carbocycles. The van der Waals surface area contributed by atoms with Crippen LogP contribution in [0.1, 0.15) is 29.0 Å². The average Bonchev–Trinajstić information content (AvgIpc) is 2.39. The second kappa shape index (κ2) is 4.33. The molecule has 0 heterocycles. The summed E-state index contributed by atoms with van der Waals surface area (Å²) in [6.45, 7) is 0. The van der Waals surface area contributed by atoms with Gasteiger partial charge in [0.25, 0.3) is 0 Å². The molecule has 17 heavy (non-hydrogen) atoms. The summed E-state index contributed by atoms with van der Waals surface area (Å²) in [5.41, 5.74) is 3.69. The molecule has 0 radical (unpaired) electrons. The van der Waals surface area contributed by atoms with Crippen molar-refractivity contribution in [2.45, 2.75) is 24.9 Å². The van der Waals surface area contributed by atoms with E-state index in [-0.39, 0.29) is 5.92 Å². The maximum Gasteiger partial charge on any atom is 0.105 e. The molecule has 1 aliphatic rings. The van der Waals surface area contributed by atoms with Gasteiger partial charge in [0.2, 0.25) is 0 Å². The van der Waals surface area contributed by atoms with Crippen LogP contribution in [0.3, 0.4) is 0 Å². The molecule has 0 bridgehead atoms. The minimum absolute atomic E-state index is 0.219. The molecule has 0 spiro atoms. The molecule has 0 saturated carbocycles. The van der Waals surface area contributed by atoms with Gasteiger partial charge in [-0.3, -0.25) is 0 Å². The predicted octanol–water partition coefficient (Wildman–Crippen LogP) is 4.10. The molecule has 2 unspecified atom stereocenters. The van der Waals surface area contributed by atoms with Crippen molar-refractivity contribution in [3.63, 3.8) is 0 Å². The molecule has 86 valence electrons. The van der Waals surface area contributed by atoms with Crippen LogP contribution in [0.2, 0.25) is 0 Å². The second-order valence-corrected chi connectivity index (χ2v) is 4.70. The number of benzene rings is 2. The summed E-state index contributed by atoms with van der Waals surface area (Å²) in [6, 6.07) is 18.5. The Balaban J connectivity index is 2.07. The Morgan fingerprint density at radius 2 is 1.59 bits per heavy atom. The summed E-state index contributed by atoms with van der Waals surface area (Å²) in [5.74, 6) is 0.219. The molecule has 2 aromatic carbocycles. The van der Waals surface area contributed by atoms with Crippen LogP contribution in [0.4, 0.5) is 4.39 Å². The van der Waals surface area contributed by atoms with Gasteiger partial charge in [0.15, 0.2) is 0 Å². The fourth-order valence-electron chi connectivity index (χ4n) is 2.77. The number of hydrogen-bond acceptors (Lipinski definition) is 0. The Labute approximate surface area is 101 Å². The molecule has 1 heteroatoms. The summed E-state index contributed by atoms with van der Waals surface area (Å²) in [4.78, 5) is 0. The first-order valence-corrected chi connectivity index (χ1v) is 6.11. The monoisotopic (exact) mass is 226 g/mol. The molecule has 0 aromatic heterocycles. The molecular weight excluding hydrogens is 211 g/mol. The summed E-state index contributed by atoms with van der Waals surface area (Å²) < 4.78 is 13.8. The number of rotatable bonds is 1. The van der Waals surface area contributed by atoms with Gasteiger partial charge in [-0.05, 0) is 23.1 Å². The van der Waals surface area contributed by atoms with Crippen LogP contribution in [-0.2, 0) is 6.42 Å². The average molecular weight is 226 g/mol. The van der Waals surface area contributed by atoms with Crippen LogP contribution in [0.15, 0.2) is 54.6 Å². The molecule has 0 aliphatic heterocycles. The van der Waals surface area contributed by atoms with Crippen molar-refractivity contribution in [3.8, 4) is 0 Å². The molecule has 0 nitrogen and oxygen atoms in total. The lowest BCUT2D eigenvalue weighted by Crippen LogP contribution is -2.20. The van der Waals surface area contributed by atoms with E-state index in [1.807, 2.05) is 30.3 Å². The molecule has 3 rings (SSSR count). The van der Waals surface area contributed by atoms with Crippen molar-refractivity contribution < 1.29 is 4.39 Å². The lowest BCUT2D eigenvalue weighted by Gasteiger charge is -2.28. The van der Waals surface area contributed by atoms with Crippen LogP contribution in [0, 0.1) is 0 Å². The van der Waals surface area contributed by atoms with E-state index in [4.69, 9.17) is 0 Å². The first kappa shape index (κ1) is 10.5. The minimum Gasteiger partial charge on any atom is -0.247 e. The van der Waals surface area contributed by atoms with Crippen LogP contribution in [-0.4, -0.2) is 6.17 Å². The Kier molecular flexibility index (Phi) is 2.68. The molecule has 0 amide bonds. The van der Waals surface area contributed by atoms with Crippen molar-refractivity contribution in [2.24, 2.45) is 0 Å². The maximum absolute atomic E-state index is 13.8. The quantitative estimate of drug-likeness (QED) is 0.686. The van der Waals surface area contributed by atoms with Gasteiger partial charge in [0, 0.05) is 12.3 Å². The van der Waals surface area contributed by atoms with Gasteiger partial charge in [-0.2, -0.15) is 0 Å². The maximum atomic E-state index is 13.8. The van der Waals surface area contributed by atoms with Crippen LogP contribution >= 0.6 is 0 Å². The summed E-state index contributed by atoms with van der Waals surface area (Å²) in [6.07, 6.45) is 0.468. The Hall–Kier alpha value is -1.63. The molecule has 0 fully saturated rings. The predicted molar refractivity (Wildman–Crippen MR) is 67.9 cm³/mol. The Morgan fingerprint density at radius 3 is 2.41 bits per heavy atom. The molecule has 2 atom stereocenters. The molecule has 0 saturated heterocycles. The molecule has 2 aromatic rings. The van der Waals surface area contributed by atoms with Gasteiger partial charge in [-0.1, -0.05) is 54.6 Å². The standard InChI is InChI=1S/C16H15F/c17-14-10-13-8-4-5-9-15(13)16(11-14)12-6-2-1-3-7-12/h1-9,14,16H,10-11H2. The van der Waals surface area contributed by atoms with Crippen LogP contribution in [0.25, 0.3) is 0 Å². The van der Waals surface area contributed by atoms with Gasteiger partial charge in [-0.15, -0.1) is 0 Å². The van der Waals surface area contributed by atoms with Gasteiger partial charge in [-0.25, -0.2) is 4.39 Å². The number of fused-ring (bicyclic) bond motifs is 1. The molecular formula is C16H15F. The van der Waals surface area contributed by atoms with Gasteiger partial charge in [0.05, 0.1) is 0 Å². The third kappa shape index (κ3) is 1.97. The summed E-state index contributed by atoms with van der Waals surface area (Å²) in [5, 5.41) is 0. The smallest absolute Gasteiger partial charge is 0.105 e. The van der Waals surface area contributed by atoms with Crippen LogP contribution in [0.5, 0.6) is 0 Å². The van der Waals surface area contributed by atoms with E-state index in [1.165, 1.54) is 16.7 Å².